The van der Waals surface area contributed by atoms with E-state index in [1.165, 1.54) is 0 Å². The number of hydrogen-bond acceptors (Lipinski definition) is 5. The van der Waals surface area contributed by atoms with Crippen molar-refractivity contribution in [3.8, 4) is 0 Å². The number of nitrogens with zero attached hydrogens (tertiary/aromatic N) is 2. The lowest BCUT2D eigenvalue weighted by Gasteiger charge is -2.27. The number of anilines is 2. The average Bonchev–Trinajstić information content (AvgIpc) is 2.23. The van der Waals surface area contributed by atoms with Gasteiger partial charge >= 0.3 is 0 Å². The molecule has 0 aliphatic carbocycles. The number of nitrogens with two attached hydrogens (primary N) is 1. The van der Waals surface area contributed by atoms with Gasteiger partial charge in [-0.15, -0.1) is 0 Å². The second-order valence-electron chi connectivity index (χ2n) is 3.08. The van der Waals surface area contributed by atoms with Crippen LogP contribution in [0.5, 0.6) is 0 Å². The third kappa shape index (κ3) is 2.01. The highest BCUT2D eigenvalue weighted by Crippen LogP contribution is 2.16. The third-order valence-electron chi connectivity index (χ3n) is 2.15. The highest BCUT2D eigenvalue weighted by Gasteiger charge is 2.11. The summed E-state index contributed by atoms with van der Waals surface area (Å²) in [7, 11) is 0. The Morgan fingerprint density at radius 2 is 2.21 bits per heavy atom. The van der Waals surface area contributed by atoms with Gasteiger partial charge in [0.15, 0.2) is 5.82 Å². The summed E-state index contributed by atoms with van der Waals surface area (Å²) in [4.78, 5) is 9.39. The van der Waals surface area contributed by atoms with Gasteiger partial charge in [0.05, 0.1) is 6.20 Å². The molecule has 1 aliphatic heterocycles. The first kappa shape index (κ1) is 9.79. The Morgan fingerprint density at radius 3 is 2.86 bits per heavy atom. The summed E-state index contributed by atoms with van der Waals surface area (Å²) < 4.78 is 0.528. The molecule has 4 nitrogen and oxygen atoms in total. The van der Waals surface area contributed by atoms with Crippen molar-refractivity contribution < 1.29 is 0 Å². The Hall–Kier alpha value is -0.750. The minimum Gasteiger partial charge on any atom is -0.381 e. The molecule has 3 N–H and O–H groups in total. The van der Waals surface area contributed by atoms with Crippen molar-refractivity contribution in [2.24, 2.45) is 0 Å². The van der Waals surface area contributed by atoms with Crippen LogP contribution >= 0.6 is 24.0 Å². The van der Waals surface area contributed by atoms with Crippen LogP contribution in [0.25, 0.3) is 0 Å². The Balaban J connectivity index is 2.23. The van der Waals surface area contributed by atoms with Gasteiger partial charge in [-0.1, -0.05) is 12.2 Å². The Labute approximate surface area is 91.9 Å². The molecule has 0 unspecified atom stereocenters. The highest BCUT2D eigenvalue weighted by atomic mass is 32.2. The fourth-order valence-electron chi connectivity index (χ4n) is 1.37. The number of nitrogen functional groups attached to an aromatic ring is 1. The number of aromatic nitrogens is 2. The fraction of sp³-hybridized carbons (Fsp3) is 0.500. The number of hydrogen-bond donors (Lipinski definition) is 2. The number of aromatic amines is 1. The van der Waals surface area contributed by atoms with Gasteiger partial charge in [-0.2, -0.15) is 11.8 Å². The number of rotatable bonds is 1. The molecule has 0 aromatic carbocycles. The molecule has 14 heavy (non-hydrogen) atoms. The van der Waals surface area contributed by atoms with E-state index >= 15 is 0 Å². The van der Waals surface area contributed by atoms with E-state index in [1.807, 2.05) is 11.8 Å². The maximum Gasteiger partial charge on any atom is 0.158 e. The molecule has 0 saturated carbocycles. The lowest BCUT2D eigenvalue weighted by Crippen LogP contribution is -2.33. The van der Waals surface area contributed by atoms with Gasteiger partial charge in [0.25, 0.3) is 0 Å². The maximum absolute atomic E-state index is 5.55. The van der Waals surface area contributed by atoms with Crippen LogP contribution in [0.3, 0.4) is 0 Å². The third-order valence-corrected chi connectivity index (χ3v) is 3.41. The van der Waals surface area contributed by atoms with E-state index in [1.54, 1.807) is 6.20 Å². The molecule has 2 heterocycles. The molecule has 6 heteroatoms. The van der Waals surface area contributed by atoms with Crippen LogP contribution < -0.4 is 10.6 Å². The summed E-state index contributed by atoms with van der Waals surface area (Å²) >= 11 is 7.01. The van der Waals surface area contributed by atoms with Crippen molar-refractivity contribution in [3.63, 3.8) is 0 Å². The molecule has 1 aliphatic rings. The number of nitrogens with one attached hydrogen (secondary N) is 1. The van der Waals surface area contributed by atoms with Crippen molar-refractivity contribution in [1.82, 2.24) is 9.97 Å². The van der Waals surface area contributed by atoms with Crippen LogP contribution in [0.15, 0.2) is 6.20 Å². The van der Waals surface area contributed by atoms with Crippen molar-refractivity contribution >= 4 is 35.6 Å². The minimum absolute atomic E-state index is 0.398. The Bertz CT molecular complexity index is 370. The molecule has 0 radical (unpaired) electrons. The van der Waals surface area contributed by atoms with E-state index in [4.69, 9.17) is 18.0 Å². The van der Waals surface area contributed by atoms with Gasteiger partial charge in [0, 0.05) is 24.6 Å². The van der Waals surface area contributed by atoms with Gasteiger partial charge in [0.1, 0.15) is 10.5 Å². The van der Waals surface area contributed by atoms with Gasteiger partial charge in [-0.3, -0.25) is 0 Å². The summed E-state index contributed by atoms with van der Waals surface area (Å²) in [6.45, 7) is 2.09. The predicted octanol–water partition coefficient (Wildman–Crippen LogP) is 1.27. The molecule has 76 valence electrons. The molecule has 1 saturated heterocycles. The molecule has 2 rings (SSSR count). The SMILES string of the molecule is Nc1ncc(N2CCSCC2)[nH]c1=S. The lowest BCUT2D eigenvalue weighted by molar-refractivity contribution is 0.833. The quantitative estimate of drug-likeness (QED) is 0.709. The van der Waals surface area contributed by atoms with E-state index in [9.17, 15) is 0 Å². The largest absolute Gasteiger partial charge is 0.381 e. The van der Waals surface area contributed by atoms with Gasteiger partial charge in [-0.05, 0) is 0 Å². The fourth-order valence-corrected chi connectivity index (χ4v) is 2.43. The summed E-state index contributed by atoms with van der Waals surface area (Å²) in [6, 6.07) is 0. The van der Waals surface area contributed by atoms with Crippen LogP contribution in [0.2, 0.25) is 0 Å². The lowest BCUT2D eigenvalue weighted by atomic mass is 10.5. The topological polar surface area (TPSA) is 57.9 Å². The molecule has 0 amide bonds. The molecule has 1 aromatic rings. The van der Waals surface area contributed by atoms with Crippen molar-refractivity contribution in [1.29, 1.82) is 0 Å². The van der Waals surface area contributed by atoms with E-state index in [0.717, 1.165) is 30.4 Å². The first-order valence-electron chi connectivity index (χ1n) is 4.45. The minimum atomic E-state index is 0.398. The van der Waals surface area contributed by atoms with Gasteiger partial charge in [-0.25, -0.2) is 4.98 Å². The van der Waals surface area contributed by atoms with E-state index in [0.29, 0.717) is 10.5 Å². The number of thioether (sulfide) groups is 1. The Kier molecular flexibility index (Phi) is 2.93. The monoisotopic (exact) mass is 228 g/mol. The first-order valence-corrected chi connectivity index (χ1v) is 6.01. The molecule has 1 aromatic heterocycles. The van der Waals surface area contributed by atoms with Gasteiger partial charge in [0.2, 0.25) is 0 Å². The van der Waals surface area contributed by atoms with Crippen LogP contribution in [0.1, 0.15) is 0 Å². The average molecular weight is 228 g/mol. The second-order valence-corrected chi connectivity index (χ2v) is 4.72. The molecular formula is C8H12N4S2. The van der Waals surface area contributed by atoms with Crippen molar-refractivity contribution in [2.75, 3.05) is 35.2 Å². The molecular weight excluding hydrogens is 216 g/mol. The van der Waals surface area contributed by atoms with Crippen molar-refractivity contribution in [3.05, 3.63) is 10.8 Å². The molecule has 0 spiro atoms. The summed E-state index contributed by atoms with van der Waals surface area (Å²) in [5.41, 5.74) is 5.55. The smallest absolute Gasteiger partial charge is 0.158 e. The first-order chi connectivity index (χ1) is 6.77. The molecule has 1 fully saturated rings. The zero-order chi connectivity index (χ0) is 9.97. The Morgan fingerprint density at radius 1 is 1.50 bits per heavy atom. The van der Waals surface area contributed by atoms with E-state index in [-0.39, 0.29) is 0 Å². The standard InChI is InChI=1S/C8H12N4S2/c9-7-8(13)11-6(5-10-7)12-1-3-14-4-2-12/h5H,1-4H2,(H2,9,10)(H,11,13). The van der Waals surface area contributed by atoms with Crippen LogP contribution in [0.4, 0.5) is 11.6 Å². The zero-order valence-corrected chi connectivity index (χ0v) is 9.33. The number of H-pyrrole nitrogens is 1. The van der Waals surface area contributed by atoms with Gasteiger partial charge < -0.3 is 15.6 Å². The van der Waals surface area contributed by atoms with Crippen LogP contribution in [-0.4, -0.2) is 34.6 Å². The maximum atomic E-state index is 5.55. The highest BCUT2D eigenvalue weighted by molar-refractivity contribution is 7.99. The van der Waals surface area contributed by atoms with Crippen LogP contribution in [-0.2, 0) is 0 Å². The molecule has 0 atom stereocenters. The van der Waals surface area contributed by atoms with Crippen LogP contribution in [0, 0.1) is 4.64 Å². The summed E-state index contributed by atoms with van der Waals surface area (Å²) in [6.07, 6.45) is 1.75. The van der Waals surface area contributed by atoms with Crippen molar-refractivity contribution in [2.45, 2.75) is 0 Å². The predicted molar refractivity (Wildman–Crippen MR) is 63.4 cm³/mol. The van der Waals surface area contributed by atoms with E-state index < -0.39 is 0 Å². The van der Waals surface area contributed by atoms with E-state index in [2.05, 4.69) is 14.9 Å². The second kappa shape index (κ2) is 4.18. The molecule has 0 bridgehead atoms. The normalized spacial score (nSPS) is 17.0. The summed E-state index contributed by atoms with van der Waals surface area (Å²) in [5.74, 6) is 3.69. The zero-order valence-electron chi connectivity index (χ0n) is 7.69. The summed E-state index contributed by atoms with van der Waals surface area (Å²) in [5, 5.41) is 0.